The van der Waals surface area contributed by atoms with Gasteiger partial charge in [0.05, 0.1) is 5.69 Å². The van der Waals surface area contributed by atoms with Crippen LogP contribution in [-0.2, 0) is 11.3 Å². The highest BCUT2D eigenvalue weighted by molar-refractivity contribution is 5.97. The van der Waals surface area contributed by atoms with Crippen molar-refractivity contribution in [2.75, 3.05) is 12.3 Å². The molecule has 0 aliphatic heterocycles. The number of fused-ring (bicyclic) bond motifs is 1. The van der Waals surface area contributed by atoms with Gasteiger partial charge < -0.3 is 21.5 Å². The van der Waals surface area contributed by atoms with Crippen molar-refractivity contribution in [3.63, 3.8) is 0 Å². The second-order valence-electron chi connectivity index (χ2n) is 8.86. The maximum absolute atomic E-state index is 13.4. The largest absolute Gasteiger partial charge is 0.457 e. The van der Waals surface area contributed by atoms with E-state index in [2.05, 4.69) is 15.3 Å². The maximum Gasteiger partial charge on any atom is 0.335 e. The number of para-hydroxylation sites is 1. The van der Waals surface area contributed by atoms with Crippen molar-refractivity contribution in [2.24, 2.45) is 5.73 Å². The summed E-state index contributed by atoms with van der Waals surface area (Å²) in [5.41, 5.74) is 11.9. The predicted molar refractivity (Wildman–Crippen MR) is 139 cm³/mol. The third kappa shape index (κ3) is 5.66. The average molecular weight is 499 g/mol. The lowest BCUT2D eigenvalue weighted by atomic mass is 10.0. The molecule has 1 amide bonds. The molecule has 0 unspecified atom stereocenters. The summed E-state index contributed by atoms with van der Waals surface area (Å²) in [6.45, 7) is 3.51. The number of nitriles is 1. The van der Waals surface area contributed by atoms with Crippen LogP contribution in [0.3, 0.4) is 0 Å². The van der Waals surface area contributed by atoms with Crippen LogP contribution in [0.5, 0.6) is 11.5 Å². The molecule has 11 nitrogen and oxygen atoms in total. The molecule has 2 heterocycles. The first-order valence-corrected chi connectivity index (χ1v) is 11.4. The molecule has 0 fully saturated rings. The summed E-state index contributed by atoms with van der Waals surface area (Å²) >= 11 is 0. The lowest BCUT2D eigenvalue weighted by molar-refractivity contribution is -0.117. The van der Waals surface area contributed by atoms with Gasteiger partial charge in [-0.2, -0.15) is 5.26 Å². The number of carbonyl (C=O) groups excluding carboxylic acids is 1. The molecule has 0 atom stereocenters. The van der Waals surface area contributed by atoms with Crippen LogP contribution in [0.4, 0.5) is 5.82 Å². The van der Waals surface area contributed by atoms with E-state index in [4.69, 9.17) is 16.2 Å². The highest BCUT2D eigenvalue weighted by atomic mass is 16.5. The van der Waals surface area contributed by atoms with Crippen LogP contribution in [0.2, 0.25) is 0 Å². The number of aromatic nitrogens is 4. The summed E-state index contributed by atoms with van der Waals surface area (Å²) in [4.78, 5) is 34.2. The number of nitrogens with zero attached hydrogens (tertiary/aromatic N) is 5. The van der Waals surface area contributed by atoms with Gasteiger partial charge in [0.15, 0.2) is 11.5 Å². The standard InChI is InChI=1S/C26H26N8O3/c1-26(2,29)14-17(15-27)24(35)30-12-13-33-23-21(22(28)31-16-32-23)34(25(33)36)18-8-10-20(11-9-18)37-19-6-4-3-5-7-19/h3-11,14,16H,12-13,29H2,1-2H3,(H,30,35)(H2,28,31,32). The van der Waals surface area contributed by atoms with Gasteiger partial charge in [0.25, 0.3) is 5.91 Å². The van der Waals surface area contributed by atoms with Crippen LogP contribution in [0.15, 0.2) is 77.4 Å². The van der Waals surface area contributed by atoms with Crippen LogP contribution >= 0.6 is 0 Å². The number of hydrogen-bond acceptors (Lipinski definition) is 8. The minimum atomic E-state index is -0.830. The van der Waals surface area contributed by atoms with E-state index in [0.29, 0.717) is 28.4 Å². The van der Waals surface area contributed by atoms with Crippen LogP contribution in [0.25, 0.3) is 16.9 Å². The number of nitrogen functional groups attached to an aromatic ring is 1. The smallest absolute Gasteiger partial charge is 0.335 e. The number of nitrogens with one attached hydrogen (secondary N) is 1. The summed E-state index contributed by atoms with van der Waals surface area (Å²) in [5.74, 6) is 0.837. The summed E-state index contributed by atoms with van der Waals surface area (Å²) in [7, 11) is 0. The molecule has 0 saturated carbocycles. The Labute approximate surface area is 212 Å². The van der Waals surface area contributed by atoms with E-state index in [-0.39, 0.29) is 24.5 Å². The van der Waals surface area contributed by atoms with Crippen molar-refractivity contribution in [1.29, 1.82) is 5.26 Å². The van der Waals surface area contributed by atoms with Crippen LogP contribution in [-0.4, -0.2) is 37.1 Å². The van der Waals surface area contributed by atoms with E-state index in [1.54, 1.807) is 38.1 Å². The van der Waals surface area contributed by atoms with Gasteiger partial charge in [-0.3, -0.25) is 13.9 Å². The Bertz CT molecular complexity index is 1560. The summed E-state index contributed by atoms with van der Waals surface area (Å²) in [5, 5.41) is 11.9. The van der Waals surface area contributed by atoms with Gasteiger partial charge >= 0.3 is 5.69 Å². The van der Waals surface area contributed by atoms with Crippen molar-refractivity contribution in [1.82, 2.24) is 24.4 Å². The number of benzene rings is 2. The molecular formula is C26H26N8O3. The topological polar surface area (TPSA) is 167 Å². The summed E-state index contributed by atoms with van der Waals surface area (Å²) in [6, 6.07) is 18.1. The molecule has 5 N–H and O–H groups in total. The minimum Gasteiger partial charge on any atom is -0.457 e. The quantitative estimate of drug-likeness (QED) is 0.246. The third-order valence-corrected chi connectivity index (χ3v) is 5.31. The molecule has 0 spiro atoms. The fraction of sp³-hybridized carbons (Fsp3) is 0.192. The van der Waals surface area contributed by atoms with Gasteiger partial charge in [-0.25, -0.2) is 14.8 Å². The monoisotopic (exact) mass is 498 g/mol. The highest BCUT2D eigenvalue weighted by Gasteiger charge is 2.20. The Balaban J connectivity index is 1.61. The summed E-state index contributed by atoms with van der Waals surface area (Å²) in [6.07, 6.45) is 2.66. The molecule has 11 heteroatoms. The first-order chi connectivity index (χ1) is 17.7. The SMILES string of the molecule is CC(C)(N)C=C(C#N)C(=O)NCCn1c(=O)n(-c2ccc(Oc3ccccc3)cc2)c2c(N)ncnc21. The molecular weight excluding hydrogens is 472 g/mol. The molecule has 4 rings (SSSR count). The third-order valence-electron chi connectivity index (χ3n) is 5.31. The number of anilines is 1. The van der Waals surface area contributed by atoms with Gasteiger partial charge in [0.2, 0.25) is 0 Å². The number of ether oxygens (including phenoxy) is 1. The molecule has 0 saturated heterocycles. The number of nitrogens with two attached hydrogens (primary N) is 2. The van der Waals surface area contributed by atoms with Crippen molar-refractivity contribution in [3.8, 4) is 23.3 Å². The second-order valence-corrected chi connectivity index (χ2v) is 8.86. The maximum atomic E-state index is 13.4. The Hall–Kier alpha value is -4.95. The highest BCUT2D eigenvalue weighted by Crippen LogP contribution is 2.24. The van der Waals surface area contributed by atoms with Crippen molar-refractivity contribution in [3.05, 3.63) is 83.1 Å². The van der Waals surface area contributed by atoms with E-state index in [1.807, 2.05) is 36.4 Å². The normalized spacial score (nSPS) is 11.8. The molecule has 0 bridgehead atoms. The lowest BCUT2D eigenvalue weighted by Crippen LogP contribution is -2.34. The lowest BCUT2D eigenvalue weighted by Gasteiger charge is -2.13. The van der Waals surface area contributed by atoms with Gasteiger partial charge in [-0.1, -0.05) is 18.2 Å². The zero-order valence-corrected chi connectivity index (χ0v) is 20.4. The molecule has 2 aromatic carbocycles. The number of amides is 1. The van der Waals surface area contributed by atoms with Crippen molar-refractivity contribution < 1.29 is 9.53 Å². The Kier molecular flexibility index (Phi) is 7.04. The summed E-state index contributed by atoms with van der Waals surface area (Å²) < 4.78 is 8.64. The molecule has 37 heavy (non-hydrogen) atoms. The zero-order valence-electron chi connectivity index (χ0n) is 20.4. The van der Waals surface area contributed by atoms with Gasteiger partial charge in [0.1, 0.15) is 35.0 Å². The number of carbonyl (C=O) groups is 1. The Morgan fingerprint density at radius 1 is 1.14 bits per heavy atom. The Morgan fingerprint density at radius 2 is 1.81 bits per heavy atom. The van der Waals surface area contributed by atoms with E-state index in [0.717, 1.165) is 0 Å². The molecule has 4 aromatic rings. The average Bonchev–Trinajstić information content (AvgIpc) is 3.15. The van der Waals surface area contributed by atoms with Crippen LogP contribution in [0, 0.1) is 11.3 Å². The number of rotatable bonds is 8. The predicted octanol–water partition coefficient (Wildman–Crippen LogP) is 2.26. The number of imidazole rings is 1. The fourth-order valence-corrected chi connectivity index (χ4v) is 3.73. The van der Waals surface area contributed by atoms with Gasteiger partial charge in [0, 0.05) is 18.6 Å². The van der Waals surface area contributed by atoms with E-state index >= 15 is 0 Å². The molecule has 0 aliphatic rings. The van der Waals surface area contributed by atoms with E-state index < -0.39 is 17.1 Å². The second kappa shape index (κ2) is 10.3. The molecule has 0 aliphatic carbocycles. The van der Waals surface area contributed by atoms with Crippen molar-refractivity contribution >= 4 is 22.9 Å². The van der Waals surface area contributed by atoms with Gasteiger partial charge in [-0.05, 0) is 56.3 Å². The zero-order chi connectivity index (χ0) is 26.6. The first-order valence-electron chi connectivity index (χ1n) is 11.4. The van der Waals surface area contributed by atoms with Crippen LogP contribution < -0.4 is 27.2 Å². The molecule has 2 aromatic heterocycles. The molecule has 188 valence electrons. The van der Waals surface area contributed by atoms with Crippen molar-refractivity contribution in [2.45, 2.75) is 25.9 Å². The van der Waals surface area contributed by atoms with Crippen LogP contribution in [0.1, 0.15) is 13.8 Å². The first kappa shape index (κ1) is 25.2. The minimum absolute atomic E-state index is 0.0651. The fourth-order valence-electron chi connectivity index (χ4n) is 3.73. The van der Waals surface area contributed by atoms with E-state index in [9.17, 15) is 14.9 Å². The Morgan fingerprint density at radius 3 is 2.46 bits per heavy atom. The van der Waals surface area contributed by atoms with Gasteiger partial charge in [-0.15, -0.1) is 0 Å². The van der Waals surface area contributed by atoms with E-state index in [1.165, 1.54) is 21.5 Å². The number of hydrogen-bond donors (Lipinski definition) is 3. The molecule has 0 radical (unpaired) electrons.